The lowest BCUT2D eigenvalue weighted by molar-refractivity contribution is -0.119. The Labute approximate surface area is 175 Å². The van der Waals surface area contributed by atoms with Gasteiger partial charge in [0.1, 0.15) is 5.58 Å². The second-order valence-electron chi connectivity index (χ2n) is 8.14. The lowest BCUT2D eigenvalue weighted by Gasteiger charge is -2.29. The molecule has 0 aliphatic heterocycles. The monoisotopic (exact) mass is 412 g/mol. The number of nitrogens with zero attached hydrogens (tertiary/aromatic N) is 3. The molecule has 1 amide bonds. The Balaban J connectivity index is 1.48. The maximum Gasteiger partial charge on any atom is 0.230 e. The van der Waals surface area contributed by atoms with Crippen molar-refractivity contribution in [3.63, 3.8) is 0 Å². The Hall–Kier alpha value is -2.28. The van der Waals surface area contributed by atoms with Crippen LogP contribution in [0.4, 0.5) is 0 Å². The largest absolute Gasteiger partial charge is 0.453 e. The number of amides is 1. The van der Waals surface area contributed by atoms with Crippen LogP contribution in [-0.2, 0) is 4.79 Å². The number of aromatic nitrogens is 3. The molecule has 6 nitrogen and oxygen atoms in total. The summed E-state index contributed by atoms with van der Waals surface area (Å²) in [6.45, 7) is 6.40. The lowest BCUT2D eigenvalue weighted by atomic mass is 9.86. The van der Waals surface area contributed by atoms with E-state index in [1.807, 2.05) is 34.9 Å². The smallest absolute Gasteiger partial charge is 0.230 e. The first-order valence-corrected chi connectivity index (χ1v) is 11.4. The molecule has 2 heterocycles. The van der Waals surface area contributed by atoms with Crippen molar-refractivity contribution in [2.45, 2.75) is 63.7 Å². The number of carbonyl (C=O) groups is 1. The summed E-state index contributed by atoms with van der Waals surface area (Å²) < 4.78 is 8.02. The van der Waals surface area contributed by atoms with Crippen molar-refractivity contribution < 1.29 is 9.21 Å². The number of carbonyl (C=O) groups excluding carboxylic acids is 1. The number of benzene rings is 1. The van der Waals surface area contributed by atoms with E-state index in [2.05, 4.69) is 36.3 Å². The summed E-state index contributed by atoms with van der Waals surface area (Å²) in [4.78, 5) is 12.5. The van der Waals surface area contributed by atoms with Crippen LogP contribution in [0.2, 0.25) is 0 Å². The van der Waals surface area contributed by atoms with Gasteiger partial charge >= 0.3 is 0 Å². The molecule has 1 aliphatic rings. The van der Waals surface area contributed by atoms with Crippen LogP contribution in [0.1, 0.15) is 52.5 Å². The molecule has 0 unspecified atom stereocenters. The SMILES string of the molecule is CC(C)n1c(SCC(=O)N[C@H]2CCCC[C@H]2C)nnc1-c1cc2ccccc2o1. The summed E-state index contributed by atoms with van der Waals surface area (Å²) in [5.41, 5.74) is 0.830. The highest BCUT2D eigenvalue weighted by Gasteiger charge is 2.24. The fourth-order valence-corrected chi connectivity index (χ4v) is 4.89. The molecule has 3 aromatic rings. The van der Waals surface area contributed by atoms with Gasteiger partial charge in [-0.05, 0) is 44.7 Å². The third-order valence-corrected chi connectivity index (χ3v) is 6.56. The fraction of sp³-hybridized carbons (Fsp3) is 0.500. The minimum atomic E-state index is 0.0670. The first kappa shape index (κ1) is 20.0. The van der Waals surface area contributed by atoms with Gasteiger partial charge in [-0.25, -0.2) is 0 Å². The number of nitrogens with one attached hydrogen (secondary N) is 1. The van der Waals surface area contributed by atoms with Crippen molar-refractivity contribution in [1.82, 2.24) is 20.1 Å². The van der Waals surface area contributed by atoms with E-state index in [1.165, 1.54) is 31.0 Å². The minimum absolute atomic E-state index is 0.0670. The maximum atomic E-state index is 12.5. The first-order valence-electron chi connectivity index (χ1n) is 10.4. The Morgan fingerprint density at radius 1 is 1.28 bits per heavy atom. The summed E-state index contributed by atoms with van der Waals surface area (Å²) in [7, 11) is 0. The average Bonchev–Trinajstić information content (AvgIpc) is 3.32. The predicted molar refractivity (Wildman–Crippen MR) is 116 cm³/mol. The molecule has 0 radical (unpaired) electrons. The Morgan fingerprint density at radius 2 is 2.07 bits per heavy atom. The normalized spacial score (nSPS) is 19.7. The first-order chi connectivity index (χ1) is 14.0. The van der Waals surface area contributed by atoms with E-state index in [0.717, 1.165) is 22.5 Å². The summed E-state index contributed by atoms with van der Waals surface area (Å²) >= 11 is 1.43. The van der Waals surface area contributed by atoms with Crippen molar-refractivity contribution in [3.05, 3.63) is 30.3 Å². The number of furan rings is 1. The fourth-order valence-electron chi connectivity index (χ4n) is 4.01. The molecule has 1 aliphatic carbocycles. The summed E-state index contributed by atoms with van der Waals surface area (Å²) in [5.74, 6) is 2.35. The van der Waals surface area contributed by atoms with Crippen LogP contribution in [0.5, 0.6) is 0 Å². The van der Waals surface area contributed by atoms with E-state index in [-0.39, 0.29) is 11.9 Å². The van der Waals surface area contributed by atoms with E-state index >= 15 is 0 Å². The second-order valence-corrected chi connectivity index (χ2v) is 9.09. The minimum Gasteiger partial charge on any atom is -0.453 e. The molecule has 0 spiro atoms. The molecule has 1 aromatic carbocycles. The van der Waals surface area contributed by atoms with Crippen LogP contribution < -0.4 is 5.32 Å². The predicted octanol–water partition coefficient (Wildman–Crippen LogP) is 5.06. The van der Waals surface area contributed by atoms with Gasteiger partial charge in [-0.1, -0.05) is 49.7 Å². The van der Waals surface area contributed by atoms with Crippen molar-refractivity contribution in [3.8, 4) is 11.6 Å². The highest BCUT2D eigenvalue weighted by molar-refractivity contribution is 7.99. The number of fused-ring (bicyclic) bond motifs is 1. The molecule has 2 atom stereocenters. The van der Waals surface area contributed by atoms with Crippen LogP contribution in [-0.4, -0.2) is 32.5 Å². The third-order valence-electron chi connectivity index (χ3n) is 5.62. The van der Waals surface area contributed by atoms with Gasteiger partial charge in [0.05, 0.1) is 5.75 Å². The average molecular weight is 413 g/mol. The van der Waals surface area contributed by atoms with Crippen LogP contribution in [0, 0.1) is 5.92 Å². The summed E-state index contributed by atoms with van der Waals surface area (Å²) in [5, 5.41) is 13.7. The molecule has 1 N–H and O–H groups in total. The molecule has 0 bridgehead atoms. The zero-order chi connectivity index (χ0) is 20.4. The number of hydrogen-bond donors (Lipinski definition) is 1. The number of rotatable bonds is 6. The topological polar surface area (TPSA) is 73.0 Å². The van der Waals surface area contributed by atoms with Gasteiger partial charge in [0.25, 0.3) is 0 Å². The molecule has 154 valence electrons. The number of para-hydroxylation sites is 1. The highest BCUT2D eigenvalue weighted by atomic mass is 32.2. The molecular formula is C22H28N4O2S. The van der Waals surface area contributed by atoms with Crippen LogP contribution >= 0.6 is 11.8 Å². The summed E-state index contributed by atoms with van der Waals surface area (Å²) in [6, 6.07) is 10.3. The van der Waals surface area contributed by atoms with Gasteiger partial charge in [0.15, 0.2) is 10.9 Å². The number of thioether (sulfide) groups is 1. The van der Waals surface area contributed by atoms with Crippen molar-refractivity contribution in [2.75, 3.05) is 5.75 Å². The highest BCUT2D eigenvalue weighted by Crippen LogP contribution is 2.31. The van der Waals surface area contributed by atoms with Crippen molar-refractivity contribution in [2.24, 2.45) is 5.92 Å². The van der Waals surface area contributed by atoms with Gasteiger partial charge in [-0.2, -0.15) is 0 Å². The standard InChI is InChI=1S/C22H28N4O2S/c1-14(2)26-21(19-12-16-9-5-7-11-18(16)28-19)24-25-22(26)29-13-20(27)23-17-10-6-4-8-15(17)3/h5,7,9,11-12,14-15,17H,4,6,8,10,13H2,1-3H3,(H,23,27)/t15-,17+/m1/s1. The molecular weight excluding hydrogens is 384 g/mol. The van der Waals surface area contributed by atoms with E-state index in [9.17, 15) is 4.79 Å². The van der Waals surface area contributed by atoms with E-state index in [4.69, 9.17) is 4.42 Å². The summed E-state index contributed by atoms with van der Waals surface area (Å²) in [6.07, 6.45) is 4.74. The van der Waals surface area contributed by atoms with Crippen molar-refractivity contribution in [1.29, 1.82) is 0 Å². The maximum absolute atomic E-state index is 12.5. The molecule has 0 saturated heterocycles. The van der Waals surface area contributed by atoms with E-state index < -0.39 is 0 Å². The van der Waals surface area contributed by atoms with Gasteiger partial charge < -0.3 is 9.73 Å². The molecule has 4 rings (SSSR count). The van der Waals surface area contributed by atoms with Gasteiger partial charge in [-0.15, -0.1) is 10.2 Å². The Kier molecular flexibility index (Phi) is 5.94. The van der Waals surface area contributed by atoms with E-state index in [0.29, 0.717) is 29.3 Å². The molecule has 29 heavy (non-hydrogen) atoms. The second kappa shape index (κ2) is 8.61. The number of hydrogen-bond acceptors (Lipinski definition) is 5. The quantitative estimate of drug-likeness (QED) is 0.573. The lowest BCUT2D eigenvalue weighted by Crippen LogP contribution is -2.41. The van der Waals surface area contributed by atoms with Gasteiger partial charge in [-0.3, -0.25) is 9.36 Å². The zero-order valence-corrected chi connectivity index (χ0v) is 18.0. The van der Waals surface area contributed by atoms with Crippen LogP contribution in [0.25, 0.3) is 22.6 Å². The Morgan fingerprint density at radius 3 is 2.83 bits per heavy atom. The zero-order valence-electron chi connectivity index (χ0n) is 17.2. The Bertz CT molecular complexity index is 961. The third kappa shape index (κ3) is 4.34. The molecule has 7 heteroatoms. The molecule has 1 saturated carbocycles. The van der Waals surface area contributed by atoms with Crippen LogP contribution in [0.3, 0.4) is 0 Å². The van der Waals surface area contributed by atoms with E-state index in [1.54, 1.807) is 0 Å². The molecule has 2 aromatic heterocycles. The van der Waals surface area contributed by atoms with Gasteiger partial charge in [0.2, 0.25) is 11.7 Å². The van der Waals surface area contributed by atoms with Crippen LogP contribution in [0.15, 0.2) is 39.9 Å². The van der Waals surface area contributed by atoms with Gasteiger partial charge in [0, 0.05) is 17.5 Å². The van der Waals surface area contributed by atoms with Crippen molar-refractivity contribution >= 4 is 28.6 Å². The molecule has 1 fully saturated rings.